The summed E-state index contributed by atoms with van der Waals surface area (Å²) in [4.78, 5) is 11.5. The van der Waals surface area contributed by atoms with Crippen LogP contribution in [0.1, 0.15) is 41.5 Å². The van der Waals surface area contributed by atoms with E-state index < -0.39 is 0 Å². The van der Waals surface area contributed by atoms with Gasteiger partial charge in [0.2, 0.25) is 5.91 Å². The molecule has 0 atom stereocenters. The number of carbonyl (C=O) groups excluding carboxylic acids is 1. The minimum Gasteiger partial charge on any atom is -0.377 e. The average molecular weight is 289 g/mol. The first-order valence-electron chi connectivity index (χ1n) is 7.21. The summed E-state index contributed by atoms with van der Waals surface area (Å²) in [6.45, 7) is 15.0. The third-order valence-electron chi connectivity index (χ3n) is 2.35. The van der Waals surface area contributed by atoms with Crippen LogP contribution < -0.4 is 5.32 Å². The molecule has 5 nitrogen and oxygen atoms in total. The van der Waals surface area contributed by atoms with E-state index in [1.807, 2.05) is 41.5 Å². The maximum atomic E-state index is 11.5. The van der Waals surface area contributed by atoms with Gasteiger partial charge in [-0.3, -0.25) is 4.79 Å². The highest BCUT2D eigenvalue weighted by molar-refractivity contribution is 5.81. The predicted octanol–water partition coefficient (Wildman–Crippen LogP) is 2.00. The van der Waals surface area contributed by atoms with Gasteiger partial charge in [-0.15, -0.1) is 0 Å². The lowest BCUT2D eigenvalue weighted by Crippen LogP contribution is -2.36. The standard InChI is InChI=1S/C15H31NO4/c1-14(2,3)13(17)16-7-8-18-9-10-19-11-12-20-15(4,5)6/h7-12H2,1-6H3,(H,16,17). The van der Waals surface area contributed by atoms with Crippen molar-refractivity contribution in [2.75, 3.05) is 39.6 Å². The Balaban J connectivity index is 3.28. The van der Waals surface area contributed by atoms with Crippen molar-refractivity contribution in [3.8, 4) is 0 Å². The molecular weight excluding hydrogens is 258 g/mol. The second kappa shape index (κ2) is 9.32. The second-order valence-electron chi connectivity index (χ2n) is 6.69. The van der Waals surface area contributed by atoms with Crippen LogP contribution in [0.2, 0.25) is 0 Å². The van der Waals surface area contributed by atoms with Crippen molar-refractivity contribution in [1.82, 2.24) is 5.32 Å². The third-order valence-corrected chi connectivity index (χ3v) is 2.35. The summed E-state index contributed by atoms with van der Waals surface area (Å²) in [5.41, 5.74) is -0.471. The normalized spacial score (nSPS) is 12.5. The maximum absolute atomic E-state index is 11.5. The summed E-state index contributed by atoms with van der Waals surface area (Å²) in [6, 6.07) is 0. The van der Waals surface area contributed by atoms with Gasteiger partial charge in [0.25, 0.3) is 0 Å². The van der Waals surface area contributed by atoms with Crippen molar-refractivity contribution >= 4 is 5.91 Å². The number of nitrogens with one attached hydrogen (secondary N) is 1. The zero-order valence-corrected chi connectivity index (χ0v) is 13.9. The Bertz CT molecular complexity index is 266. The number of hydrogen-bond acceptors (Lipinski definition) is 4. The number of carbonyl (C=O) groups is 1. The fraction of sp³-hybridized carbons (Fsp3) is 0.933. The number of rotatable bonds is 9. The smallest absolute Gasteiger partial charge is 0.225 e. The minimum absolute atomic E-state index is 0.0386. The third kappa shape index (κ3) is 12.4. The zero-order chi connectivity index (χ0) is 15.6. The average Bonchev–Trinajstić information content (AvgIpc) is 2.28. The van der Waals surface area contributed by atoms with Crippen molar-refractivity contribution in [1.29, 1.82) is 0 Å². The van der Waals surface area contributed by atoms with Gasteiger partial charge in [0.1, 0.15) is 0 Å². The SMILES string of the molecule is CC(C)(C)OCCOCCOCCNC(=O)C(C)(C)C. The fourth-order valence-electron chi connectivity index (χ4n) is 1.23. The Labute approximate surface area is 123 Å². The molecule has 1 N–H and O–H groups in total. The monoisotopic (exact) mass is 289 g/mol. The van der Waals surface area contributed by atoms with Gasteiger partial charge in [0.15, 0.2) is 0 Å². The lowest BCUT2D eigenvalue weighted by molar-refractivity contribution is -0.128. The lowest BCUT2D eigenvalue weighted by Gasteiger charge is -2.19. The molecule has 0 heterocycles. The van der Waals surface area contributed by atoms with Gasteiger partial charge >= 0.3 is 0 Å². The van der Waals surface area contributed by atoms with Gasteiger partial charge in [-0.05, 0) is 20.8 Å². The first kappa shape index (κ1) is 19.4. The summed E-state index contributed by atoms with van der Waals surface area (Å²) >= 11 is 0. The molecule has 0 rings (SSSR count). The first-order valence-corrected chi connectivity index (χ1v) is 7.21. The maximum Gasteiger partial charge on any atom is 0.225 e. The molecule has 0 aromatic rings. The van der Waals surface area contributed by atoms with Crippen molar-refractivity contribution in [2.24, 2.45) is 5.41 Å². The molecule has 20 heavy (non-hydrogen) atoms. The van der Waals surface area contributed by atoms with E-state index in [1.54, 1.807) is 0 Å². The summed E-state index contributed by atoms with van der Waals surface area (Å²) in [6.07, 6.45) is 0. The summed E-state index contributed by atoms with van der Waals surface area (Å²) < 4.78 is 16.3. The van der Waals surface area contributed by atoms with E-state index >= 15 is 0 Å². The topological polar surface area (TPSA) is 56.8 Å². The summed E-state index contributed by atoms with van der Waals surface area (Å²) in [5, 5.41) is 2.83. The predicted molar refractivity (Wildman–Crippen MR) is 79.8 cm³/mol. The molecule has 0 aliphatic carbocycles. The molecule has 0 saturated carbocycles. The van der Waals surface area contributed by atoms with Crippen LogP contribution in [0, 0.1) is 5.41 Å². The lowest BCUT2D eigenvalue weighted by atomic mass is 9.96. The van der Waals surface area contributed by atoms with Crippen LogP contribution in [0.25, 0.3) is 0 Å². The van der Waals surface area contributed by atoms with Gasteiger partial charge in [-0.1, -0.05) is 20.8 Å². The van der Waals surface area contributed by atoms with Crippen LogP contribution in [-0.4, -0.2) is 51.1 Å². The molecule has 0 saturated heterocycles. The Morgan fingerprint density at radius 1 is 0.850 bits per heavy atom. The molecule has 0 spiro atoms. The summed E-state index contributed by atoms with van der Waals surface area (Å²) in [5.74, 6) is 0.0386. The van der Waals surface area contributed by atoms with Crippen LogP contribution in [0.5, 0.6) is 0 Å². The Kier molecular flexibility index (Phi) is 9.01. The van der Waals surface area contributed by atoms with E-state index in [2.05, 4.69) is 5.32 Å². The zero-order valence-electron chi connectivity index (χ0n) is 13.9. The highest BCUT2D eigenvalue weighted by atomic mass is 16.5. The molecule has 0 aromatic heterocycles. The molecule has 5 heteroatoms. The quantitative estimate of drug-likeness (QED) is 0.660. The van der Waals surface area contributed by atoms with Crippen LogP contribution in [0.4, 0.5) is 0 Å². The van der Waals surface area contributed by atoms with Crippen LogP contribution in [0.15, 0.2) is 0 Å². The highest BCUT2D eigenvalue weighted by Gasteiger charge is 2.20. The molecular formula is C15H31NO4. The largest absolute Gasteiger partial charge is 0.377 e. The molecule has 0 fully saturated rings. The molecule has 0 aliphatic rings. The van der Waals surface area contributed by atoms with Gasteiger partial charge in [0, 0.05) is 12.0 Å². The molecule has 0 radical (unpaired) electrons. The van der Waals surface area contributed by atoms with Gasteiger partial charge < -0.3 is 19.5 Å². The molecule has 0 aromatic carbocycles. The molecule has 0 aliphatic heterocycles. The van der Waals surface area contributed by atoms with Gasteiger partial charge in [0.05, 0.1) is 38.6 Å². The molecule has 0 bridgehead atoms. The van der Waals surface area contributed by atoms with E-state index in [1.165, 1.54) is 0 Å². The Morgan fingerprint density at radius 2 is 1.35 bits per heavy atom. The minimum atomic E-state index is -0.351. The van der Waals surface area contributed by atoms with Crippen LogP contribution in [-0.2, 0) is 19.0 Å². The summed E-state index contributed by atoms with van der Waals surface area (Å²) in [7, 11) is 0. The highest BCUT2D eigenvalue weighted by Crippen LogP contribution is 2.11. The fourth-order valence-corrected chi connectivity index (χ4v) is 1.23. The second-order valence-corrected chi connectivity index (χ2v) is 6.69. The first-order chi connectivity index (χ1) is 9.13. The molecule has 120 valence electrons. The van der Waals surface area contributed by atoms with Crippen molar-refractivity contribution in [3.05, 3.63) is 0 Å². The van der Waals surface area contributed by atoms with Gasteiger partial charge in [-0.2, -0.15) is 0 Å². The van der Waals surface area contributed by atoms with Crippen LogP contribution in [0.3, 0.4) is 0 Å². The number of amides is 1. The Hall–Kier alpha value is -0.650. The van der Waals surface area contributed by atoms with Crippen molar-refractivity contribution in [3.63, 3.8) is 0 Å². The van der Waals surface area contributed by atoms with Crippen molar-refractivity contribution in [2.45, 2.75) is 47.1 Å². The number of ether oxygens (including phenoxy) is 3. The van der Waals surface area contributed by atoms with Crippen molar-refractivity contribution < 1.29 is 19.0 Å². The Morgan fingerprint density at radius 3 is 1.85 bits per heavy atom. The van der Waals surface area contributed by atoms with Crippen LogP contribution >= 0.6 is 0 Å². The van der Waals surface area contributed by atoms with E-state index in [9.17, 15) is 4.79 Å². The van der Waals surface area contributed by atoms with E-state index in [-0.39, 0.29) is 16.9 Å². The van der Waals surface area contributed by atoms with E-state index in [4.69, 9.17) is 14.2 Å². The van der Waals surface area contributed by atoms with E-state index in [0.29, 0.717) is 39.6 Å². The number of hydrogen-bond donors (Lipinski definition) is 1. The molecule has 1 amide bonds. The molecule has 0 unspecified atom stereocenters. The van der Waals surface area contributed by atoms with E-state index in [0.717, 1.165) is 0 Å². The van der Waals surface area contributed by atoms with Gasteiger partial charge in [-0.25, -0.2) is 0 Å².